The zero-order valence-corrected chi connectivity index (χ0v) is 18.1. The molecule has 4 aromatic heterocycles. The third-order valence-corrected chi connectivity index (χ3v) is 5.95. The number of halogens is 1. The van der Waals surface area contributed by atoms with Gasteiger partial charge in [-0.2, -0.15) is 15.3 Å². The number of carbonyl (C=O) groups is 1. The minimum atomic E-state index is -0.345. The summed E-state index contributed by atoms with van der Waals surface area (Å²) in [4.78, 5) is 23.4. The molecular formula is C21H21ClN8O. The Labute approximate surface area is 183 Å². The molecular weight excluding hydrogens is 416 g/mol. The molecule has 31 heavy (non-hydrogen) atoms. The van der Waals surface area contributed by atoms with Crippen molar-refractivity contribution >= 4 is 28.8 Å². The fourth-order valence-corrected chi connectivity index (χ4v) is 4.49. The summed E-state index contributed by atoms with van der Waals surface area (Å²) >= 11 is 6.34. The number of aromatic nitrogens is 7. The molecule has 4 aromatic rings. The number of carbonyl (C=O) groups excluding carboxylic acids is 1. The Balaban J connectivity index is 1.45. The highest BCUT2D eigenvalue weighted by molar-refractivity contribution is 6.32. The molecule has 0 fully saturated rings. The van der Waals surface area contributed by atoms with Crippen molar-refractivity contribution in [3.05, 3.63) is 58.9 Å². The van der Waals surface area contributed by atoms with Gasteiger partial charge < -0.3 is 5.32 Å². The lowest BCUT2D eigenvalue weighted by atomic mass is 9.88. The Bertz CT molecular complexity index is 1290. The van der Waals surface area contributed by atoms with Crippen molar-refractivity contribution in [3.63, 3.8) is 0 Å². The second-order valence-corrected chi connectivity index (χ2v) is 8.71. The Morgan fingerprint density at radius 3 is 2.71 bits per heavy atom. The van der Waals surface area contributed by atoms with Gasteiger partial charge in [0.2, 0.25) is 5.91 Å². The van der Waals surface area contributed by atoms with Gasteiger partial charge in [0.15, 0.2) is 11.5 Å². The van der Waals surface area contributed by atoms with Crippen molar-refractivity contribution in [1.82, 2.24) is 34.6 Å². The Kier molecular flexibility index (Phi) is 4.51. The molecule has 0 saturated heterocycles. The van der Waals surface area contributed by atoms with Crippen LogP contribution >= 0.6 is 11.6 Å². The summed E-state index contributed by atoms with van der Waals surface area (Å²) in [5.41, 5.74) is 4.02. The SMILES string of the molecule is CCc1cc2ncc3c(n2n1)C(C)(C)C[C@@H]3C(=O)Nc1cnc(-n2nccn2)c(Cl)c1. The van der Waals surface area contributed by atoms with E-state index in [1.54, 1.807) is 24.7 Å². The molecule has 158 valence electrons. The standard InChI is InChI=1S/C21H21ClN8O/c1-4-12-8-17-23-11-15-14(9-21(2,3)18(15)29(17)28-12)20(31)27-13-7-16(22)19(24-10-13)30-25-5-6-26-30/h5-8,10-11,14H,4,9H2,1-3H3,(H,27,31)/t14-/m0/s1. The first-order chi connectivity index (χ1) is 14.9. The van der Waals surface area contributed by atoms with Crippen molar-refractivity contribution < 1.29 is 4.79 Å². The first-order valence-electron chi connectivity index (χ1n) is 10.1. The van der Waals surface area contributed by atoms with Crippen molar-refractivity contribution in [2.75, 3.05) is 5.32 Å². The predicted octanol–water partition coefficient (Wildman–Crippen LogP) is 3.32. The molecule has 0 aliphatic heterocycles. The molecule has 0 aromatic carbocycles. The number of hydrogen-bond acceptors (Lipinski definition) is 6. The van der Waals surface area contributed by atoms with E-state index in [1.807, 2.05) is 16.8 Å². The van der Waals surface area contributed by atoms with E-state index in [9.17, 15) is 4.79 Å². The number of anilines is 1. The van der Waals surface area contributed by atoms with E-state index in [4.69, 9.17) is 16.7 Å². The molecule has 0 spiro atoms. The maximum Gasteiger partial charge on any atom is 0.232 e. The molecule has 0 radical (unpaired) electrons. The van der Waals surface area contributed by atoms with E-state index in [1.165, 1.54) is 4.80 Å². The summed E-state index contributed by atoms with van der Waals surface area (Å²) in [6, 6.07) is 3.64. The zero-order chi connectivity index (χ0) is 21.8. The molecule has 1 atom stereocenters. The van der Waals surface area contributed by atoms with Crippen LogP contribution in [0.5, 0.6) is 0 Å². The van der Waals surface area contributed by atoms with Gasteiger partial charge in [0.25, 0.3) is 0 Å². The molecule has 4 heterocycles. The van der Waals surface area contributed by atoms with Gasteiger partial charge in [0.1, 0.15) is 0 Å². The molecule has 1 aliphatic rings. The number of aryl methyl sites for hydroxylation is 1. The highest BCUT2D eigenvalue weighted by atomic mass is 35.5. The largest absolute Gasteiger partial charge is 0.324 e. The lowest BCUT2D eigenvalue weighted by Crippen LogP contribution is -2.21. The smallest absolute Gasteiger partial charge is 0.232 e. The fourth-order valence-electron chi connectivity index (χ4n) is 4.25. The minimum absolute atomic E-state index is 0.126. The fraction of sp³-hybridized carbons (Fsp3) is 0.333. The van der Waals surface area contributed by atoms with Crippen molar-refractivity contribution in [2.24, 2.45) is 0 Å². The number of fused-ring (bicyclic) bond motifs is 3. The van der Waals surface area contributed by atoms with E-state index >= 15 is 0 Å². The quantitative estimate of drug-likeness (QED) is 0.526. The molecule has 10 heteroatoms. The number of rotatable bonds is 4. The lowest BCUT2D eigenvalue weighted by molar-refractivity contribution is -0.117. The molecule has 5 rings (SSSR count). The van der Waals surface area contributed by atoms with Gasteiger partial charge in [-0.1, -0.05) is 32.4 Å². The minimum Gasteiger partial charge on any atom is -0.324 e. The van der Waals surface area contributed by atoms with Crippen LogP contribution in [0.1, 0.15) is 50.1 Å². The van der Waals surface area contributed by atoms with Gasteiger partial charge >= 0.3 is 0 Å². The summed E-state index contributed by atoms with van der Waals surface area (Å²) in [6.45, 7) is 6.34. The highest BCUT2D eigenvalue weighted by Crippen LogP contribution is 2.46. The van der Waals surface area contributed by atoms with E-state index in [0.717, 1.165) is 29.0 Å². The normalized spacial score (nSPS) is 17.1. The zero-order valence-electron chi connectivity index (χ0n) is 17.4. The summed E-state index contributed by atoms with van der Waals surface area (Å²) in [5.74, 6) is -0.0740. The second kappa shape index (κ2) is 7.12. The van der Waals surface area contributed by atoms with E-state index in [-0.39, 0.29) is 17.2 Å². The maximum atomic E-state index is 13.2. The van der Waals surface area contributed by atoms with Crippen molar-refractivity contribution in [1.29, 1.82) is 0 Å². The summed E-state index contributed by atoms with van der Waals surface area (Å²) in [6.07, 6.45) is 7.93. The number of amides is 1. The average molecular weight is 437 g/mol. The van der Waals surface area contributed by atoms with Crippen LogP contribution in [0.25, 0.3) is 11.5 Å². The van der Waals surface area contributed by atoms with Crippen molar-refractivity contribution in [2.45, 2.75) is 44.9 Å². The Morgan fingerprint density at radius 1 is 1.23 bits per heavy atom. The van der Waals surface area contributed by atoms with Crippen molar-refractivity contribution in [3.8, 4) is 5.82 Å². The van der Waals surface area contributed by atoms with E-state index in [2.05, 4.69) is 46.3 Å². The van der Waals surface area contributed by atoms with Crippen LogP contribution in [0.4, 0.5) is 5.69 Å². The topological polar surface area (TPSA) is 103 Å². The molecule has 0 bridgehead atoms. The molecule has 1 N–H and O–H groups in total. The van der Waals surface area contributed by atoms with Crippen LogP contribution in [0.15, 0.2) is 36.9 Å². The highest BCUT2D eigenvalue weighted by Gasteiger charge is 2.43. The van der Waals surface area contributed by atoms with Gasteiger partial charge in [-0.25, -0.2) is 14.5 Å². The Hall–Kier alpha value is -3.33. The van der Waals surface area contributed by atoms with Crippen LogP contribution in [-0.2, 0) is 16.6 Å². The van der Waals surface area contributed by atoms with Crippen LogP contribution < -0.4 is 5.32 Å². The summed E-state index contributed by atoms with van der Waals surface area (Å²) in [7, 11) is 0. The molecule has 9 nitrogen and oxygen atoms in total. The van der Waals surface area contributed by atoms with Gasteiger partial charge in [0.05, 0.1) is 46.6 Å². The summed E-state index contributed by atoms with van der Waals surface area (Å²) in [5, 5.41) is 16.1. The third-order valence-electron chi connectivity index (χ3n) is 5.67. The first kappa shape index (κ1) is 19.6. The van der Waals surface area contributed by atoms with Crippen LogP contribution in [-0.4, -0.2) is 40.5 Å². The molecule has 0 saturated carbocycles. The van der Waals surface area contributed by atoms with Gasteiger partial charge in [-0.05, 0) is 18.9 Å². The Morgan fingerprint density at radius 2 is 2.00 bits per heavy atom. The van der Waals surface area contributed by atoms with Gasteiger partial charge in [-0.3, -0.25) is 4.79 Å². The lowest BCUT2D eigenvalue weighted by Gasteiger charge is -2.19. The van der Waals surface area contributed by atoms with E-state index in [0.29, 0.717) is 22.9 Å². The monoisotopic (exact) mass is 436 g/mol. The van der Waals surface area contributed by atoms with Crippen LogP contribution in [0.3, 0.4) is 0 Å². The van der Waals surface area contributed by atoms with E-state index < -0.39 is 0 Å². The van der Waals surface area contributed by atoms with Gasteiger partial charge in [-0.15, -0.1) is 4.80 Å². The van der Waals surface area contributed by atoms with Gasteiger partial charge in [0, 0.05) is 23.2 Å². The molecule has 1 aliphatic carbocycles. The van der Waals surface area contributed by atoms with Crippen LogP contribution in [0.2, 0.25) is 5.02 Å². The third kappa shape index (κ3) is 3.25. The number of hydrogen-bond donors (Lipinski definition) is 1. The molecule has 0 unspecified atom stereocenters. The number of nitrogens with zero attached hydrogens (tertiary/aromatic N) is 7. The average Bonchev–Trinajstić information content (AvgIpc) is 3.45. The number of pyridine rings is 1. The first-order valence-corrected chi connectivity index (χ1v) is 10.5. The number of nitrogens with one attached hydrogen (secondary N) is 1. The predicted molar refractivity (Wildman–Crippen MR) is 116 cm³/mol. The molecule has 1 amide bonds. The van der Waals surface area contributed by atoms with Crippen LogP contribution in [0, 0.1) is 0 Å². The maximum absolute atomic E-state index is 13.2. The summed E-state index contributed by atoms with van der Waals surface area (Å²) < 4.78 is 1.89. The second-order valence-electron chi connectivity index (χ2n) is 8.30.